The van der Waals surface area contributed by atoms with Crippen molar-refractivity contribution in [2.75, 3.05) is 38.7 Å². The first kappa shape index (κ1) is 23.4. The van der Waals surface area contributed by atoms with Crippen molar-refractivity contribution in [1.29, 1.82) is 0 Å². The molecule has 1 aliphatic heterocycles. The number of nitrogens with one attached hydrogen (secondary N) is 1. The van der Waals surface area contributed by atoms with Crippen LogP contribution in [-0.4, -0.2) is 61.6 Å². The lowest BCUT2D eigenvalue weighted by molar-refractivity contribution is -0.116. The largest absolute Gasteiger partial charge is 0.495 e. The zero-order valence-electron chi connectivity index (χ0n) is 18.2. The van der Waals surface area contributed by atoms with Gasteiger partial charge in [-0.3, -0.25) is 14.2 Å². The fraction of sp³-hybridized carbons (Fsp3) is 0.381. The molecule has 3 heterocycles. The van der Waals surface area contributed by atoms with Gasteiger partial charge in [0.1, 0.15) is 17.1 Å². The van der Waals surface area contributed by atoms with E-state index in [1.165, 1.54) is 51.8 Å². The van der Waals surface area contributed by atoms with Gasteiger partial charge in [0, 0.05) is 18.0 Å². The van der Waals surface area contributed by atoms with Gasteiger partial charge in [-0.15, -0.1) is 11.3 Å². The number of thiophene rings is 1. The highest BCUT2D eigenvalue weighted by atomic mass is 32.2. The predicted octanol–water partition coefficient (Wildman–Crippen LogP) is 1.69. The Morgan fingerprint density at radius 1 is 1.27 bits per heavy atom. The van der Waals surface area contributed by atoms with Crippen molar-refractivity contribution in [3.05, 3.63) is 45.8 Å². The molecule has 2 aromatic heterocycles. The molecule has 1 fully saturated rings. The van der Waals surface area contributed by atoms with Gasteiger partial charge < -0.3 is 14.8 Å². The van der Waals surface area contributed by atoms with Crippen LogP contribution in [0.1, 0.15) is 11.8 Å². The lowest BCUT2D eigenvalue weighted by Gasteiger charge is -2.26. The van der Waals surface area contributed by atoms with E-state index in [2.05, 4.69) is 10.3 Å². The quantitative estimate of drug-likeness (QED) is 0.533. The zero-order chi connectivity index (χ0) is 23.6. The summed E-state index contributed by atoms with van der Waals surface area (Å²) in [6, 6.07) is 6.08. The minimum absolute atomic E-state index is 0.0334. The number of aryl methyl sites for hydroxylation is 1. The number of hydrogen-bond donors (Lipinski definition) is 1. The average Bonchev–Trinajstić information content (AvgIpc) is 3.26. The number of aromatic nitrogens is 2. The fourth-order valence-electron chi connectivity index (χ4n) is 3.52. The molecule has 1 aliphatic rings. The Bertz CT molecular complexity index is 1340. The van der Waals surface area contributed by atoms with E-state index in [0.717, 1.165) is 11.3 Å². The number of methoxy groups -OCH3 is 1. The van der Waals surface area contributed by atoms with Crippen molar-refractivity contribution in [2.45, 2.75) is 24.8 Å². The number of anilines is 1. The second-order valence-electron chi connectivity index (χ2n) is 7.39. The van der Waals surface area contributed by atoms with Crippen LogP contribution in [0.5, 0.6) is 5.75 Å². The number of fused-ring (bicyclic) bond motifs is 1. The van der Waals surface area contributed by atoms with E-state index < -0.39 is 15.9 Å². The van der Waals surface area contributed by atoms with Gasteiger partial charge in [0.25, 0.3) is 5.56 Å². The molecule has 0 unspecified atom stereocenters. The molecule has 4 rings (SSSR count). The zero-order valence-corrected chi connectivity index (χ0v) is 19.9. The molecule has 0 spiro atoms. The normalized spacial score (nSPS) is 15.0. The number of sulfonamides is 1. The highest BCUT2D eigenvalue weighted by Gasteiger charge is 2.27. The number of ether oxygens (including phenoxy) is 2. The number of morpholine rings is 1. The van der Waals surface area contributed by atoms with E-state index in [9.17, 15) is 18.0 Å². The lowest BCUT2D eigenvalue weighted by Crippen LogP contribution is -2.40. The van der Waals surface area contributed by atoms with Gasteiger partial charge in [-0.1, -0.05) is 6.92 Å². The highest BCUT2D eigenvalue weighted by molar-refractivity contribution is 7.89. The van der Waals surface area contributed by atoms with Crippen molar-refractivity contribution < 1.29 is 22.7 Å². The number of benzene rings is 1. The molecule has 1 aromatic carbocycles. The van der Waals surface area contributed by atoms with Crippen LogP contribution in [0.3, 0.4) is 0 Å². The summed E-state index contributed by atoms with van der Waals surface area (Å²) in [6.07, 6.45) is 2.14. The molecule has 0 atom stereocenters. The SMILES string of the molecule is CCc1cc2c(=O)n(CC(=O)Nc3cc(S(=O)(=O)N4CCOCC4)ccc3OC)cnc2s1. The first-order chi connectivity index (χ1) is 15.8. The minimum Gasteiger partial charge on any atom is -0.495 e. The van der Waals surface area contributed by atoms with Crippen molar-refractivity contribution >= 4 is 43.2 Å². The van der Waals surface area contributed by atoms with Gasteiger partial charge in [-0.2, -0.15) is 4.31 Å². The molecule has 176 valence electrons. The predicted molar refractivity (Wildman–Crippen MR) is 124 cm³/mol. The van der Waals surface area contributed by atoms with Gasteiger partial charge in [0.15, 0.2) is 0 Å². The summed E-state index contributed by atoms with van der Waals surface area (Å²) >= 11 is 1.45. The topological polar surface area (TPSA) is 120 Å². The number of amides is 1. The summed E-state index contributed by atoms with van der Waals surface area (Å²) < 4.78 is 39.0. The maximum atomic E-state index is 13.0. The van der Waals surface area contributed by atoms with Crippen molar-refractivity contribution in [2.24, 2.45) is 0 Å². The summed E-state index contributed by atoms with van der Waals surface area (Å²) in [7, 11) is -2.33. The summed E-state index contributed by atoms with van der Waals surface area (Å²) in [5.74, 6) is -0.209. The Kier molecular flexibility index (Phi) is 6.79. The van der Waals surface area contributed by atoms with Gasteiger partial charge in [0.2, 0.25) is 15.9 Å². The van der Waals surface area contributed by atoms with Crippen LogP contribution in [0.4, 0.5) is 5.69 Å². The molecule has 1 saturated heterocycles. The fourth-order valence-corrected chi connectivity index (χ4v) is 5.88. The second kappa shape index (κ2) is 9.59. The number of hydrogen-bond acceptors (Lipinski definition) is 8. The molecule has 3 aromatic rings. The average molecular weight is 493 g/mol. The number of rotatable bonds is 7. The van der Waals surface area contributed by atoms with Gasteiger partial charge >= 0.3 is 0 Å². The highest BCUT2D eigenvalue weighted by Crippen LogP contribution is 2.29. The van der Waals surface area contributed by atoms with Crippen LogP contribution in [-0.2, 0) is 32.5 Å². The molecule has 10 nitrogen and oxygen atoms in total. The smallest absolute Gasteiger partial charge is 0.262 e. The van der Waals surface area contributed by atoms with Crippen molar-refractivity contribution in [3.8, 4) is 5.75 Å². The Morgan fingerprint density at radius 3 is 2.73 bits per heavy atom. The summed E-state index contributed by atoms with van der Waals surface area (Å²) in [5, 5.41) is 3.14. The third-order valence-electron chi connectivity index (χ3n) is 5.28. The molecule has 0 saturated carbocycles. The van der Waals surface area contributed by atoms with Gasteiger partial charge in [-0.25, -0.2) is 13.4 Å². The third kappa shape index (κ3) is 4.78. The maximum Gasteiger partial charge on any atom is 0.262 e. The molecule has 33 heavy (non-hydrogen) atoms. The van der Waals surface area contributed by atoms with E-state index in [-0.39, 0.29) is 35.8 Å². The van der Waals surface area contributed by atoms with E-state index in [1.54, 1.807) is 6.07 Å². The van der Waals surface area contributed by atoms with Gasteiger partial charge in [0.05, 0.1) is 42.6 Å². The summed E-state index contributed by atoms with van der Waals surface area (Å²) in [6.45, 7) is 2.90. The van der Waals surface area contributed by atoms with Crippen LogP contribution < -0.4 is 15.6 Å². The molecule has 0 bridgehead atoms. The van der Waals surface area contributed by atoms with E-state index in [0.29, 0.717) is 29.2 Å². The first-order valence-corrected chi connectivity index (χ1v) is 12.6. The monoisotopic (exact) mass is 492 g/mol. The van der Waals surface area contributed by atoms with E-state index >= 15 is 0 Å². The van der Waals surface area contributed by atoms with Crippen LogP contribution in [0.2, 0.25) is 0 Å². The standard InChI is InChI=1S/C21H24N4O6S2/c1-3-14-10-16-20(32-14)22-13-24(21(16)27)12-19(26)23-17-11-15(4-5-18(17)30-2)33(28,29)25-6-8-31-9-7-25/h4-5,10-11,13H,3,6-9,12H2,1-2H3,(H,23,26). The van der Waals surface area contributed by atoms with Crippen molar-refractivity contribution in [3.63, 3.8) is 0 Å². The summed E-state index contributed by atoms with van der Waals surface area (Å²) in [5.41, 5.74) is -0.107. The number of nitrogens with zero attached hydrogens (tertiary/aromatic N) is 3. The summed E-state index contributed by atoms with van der Waals surface area (Å²) in [4.78, 5) is 31.5. The molecule has 0 aliphatic carbocycles. The van der Waals surface area contributed by atoms with Crippen molar-refractivity contribution in [1.82, 2.24) is 13.9 Å². The van der Waals surface area contributed by atoms with Crippen LogP contribution in [0, 0.1) is 0 Å². The lowest BCUT2D eigenvalue weighted by atomic mass is 10.3. The van der Waals surface area contributed by atoms with Crippen LogP contribution in [0.25, 0.3) is 10.2 Å². The molecule has 1 N–H and O–H groups in total. The van der Waals surface area contributed by atoms with Crippen LogP contribution in [0.15, 0.2) is 40.3 Å². The first-order valence-electron chi connectivity index (χ1n) is 10.4. The molecule has 0 radical (unpaired) electrons. The number of carbonyl (C=O) groups excluding carboxylic acids is 1. The molecular formula is C21H24N4O6S2. The molecular weight excluding hydrogens is 468 g/mol. The van der Waals surface area contributed by atoms with Gasteiger partial charge in [-0.05, 0) is 30.7 Å². The third-order valence-corrected chi connectivity index (χ3v) is 8.37. The maximum absolute atomic E-state index is 13.0. The van der Waals surface area contributed by atoms with Crippen LogP contribution >= 0.6 is 11.3 Å². The molecule has 1 amide bonds. The van der Waals surface area contributed by atoms with E-state index in [1.807, 2.05) is 6.92 Å². The Balaban J connectivity index is 1.57. The minimum atomic E-state index is -3.75. The Hall–Kier alpha value is -2.80. The number of carbonyl (C=O) groups is 1. The Labute approximate surface area is 194 Å². The Morgan fingerprint density at radius 2 is 2.03 bits per heavy atom. The van der Waals surface area contributed by atoms with E-state index in [4.69, 9.17) is 9.47 Å². The second-order valence-corrected chi connectivity index (χ2v) is 10.4. The molecule has 12 heteroatoms.